The zero-order valence-electron chi connectivity index (χ0n) is 14.4. The number of nitro benzene ring substituents is 1. The van der Waals surface area contributed by atoms with Crippen molar-refractivity contribution >= 4 is 38.2 Å². The Kier molecular flexibility index (Phi) is 4.75. The monoisotopic (exact) mass is 402 g/mol. The third-order valence-corrected chi connectivity index (χ3v) is 5.03. The molecule has 0 aromatic heterocycles. The lowest BCUT2D eigenvalue weighted by atomic mass is 10.1. The summed E-state index contributed by atoms with van der Waals surface area (Å²) in [5, 5.41) is 24.4. The van der Waals surface area contributed by atoms with Crippen LogP contribution in [0, 0.1) is 17.0 Å². The molecule has 0 aliphatic rings. The molecule has 3 aromatic rings. The van der Waals surface area contributed by atoms with Crippen molar-refractivity contribution in [2.75, 3.05) is 5.32 Å². The predicted molar refractivity (Wildman–Crippen MR) is 101 cm³/mol. The molecular formula is C18H14N2O7S. The van der Waals surface area contributed by atoms with Crippen molar-refractivity contribution in [3.05, 3.63) is 69.8 Å². The van der Waals surface area contributed by atoms with Crippen molar-refractivity contribution in [2.24, 2.45) is 0 Å². The third kappa shape index (κ3) is 3.50. The molecule has 0 spiro atoms. The van der Waals surface area contributed by atoms with Gasteiger partial charge in [-0.1, -0.05) is 24.3 Å². The van der Waals surface area contributed by atoms with Crippen molar-refractivity contribution in [3.63, 3.8) is 0 Å². The number of aryl methyl sites for hydroxylation is 1. The molecule has 0 atom stereocenters. The van der Waals surface area contributed by atoms with Gasteiger partial charge in [0.25, 0.3) is 21.7 Å². The fourth-order valence-electron chi connectivity index (χ4n) is 2.82. The zero-order valence-corrected chi connectivity index (χ0v) is 15.2. The zero-order chi connectivity index (χ0) is 20.6. The summed E-state index contributed by atoms with van der Waals surface area (Å²) in [5.41, 5.74) is -0.0211. The number of hydrogen-bond donors (Lipinski definition) is 3. The highest BCUT2D eigenvalue weighted by atomic mass is 32.2. The normalized spacial score (nSPS) is 11.4. The van der Waals surface area contributed by atoms with Gasteiger partial charge in [0.2, 0.25) is 0 Å². The summed E-state index contributed by atoms with van der Waals surface area (Å²) in [6.45, 7) is 1.47. The molecule has 3 aromatic carbocycles. The predicted octanol–water partition coefficient (Wildman–Crippen LogP) is 3.26. The van der Waals surface area contributed by atoms with Crippen molar-refractivity contribution in [1.29, 1.82) is 0 Å². The van der Waals surface area contributed by atoms with Gasteiger partial charge in [-0.15, -0.1) is 0 Å². The van der Waals surface area contributed by atoms with Crippen molar-refractivity contribution in [3.8, 4) is 5.75 Å². The molecule has 3 N–H and O–H groups in total. The van der Waals surface area contributed by atoms with Crippen LogP contribution >= 0.6 is 0 Å². The Bertz CT molecular complexity index is 1240. The highest BCUT2D eigenvalue weighted by molar-refractivity contribution is 7.86. The summed E-state index contributed by atoms with van der Waals surface area (Å²) in [7, 11) is -4.75. The number of anilines is 1. The second kappa shape index (κ2) is 6.91. The smallest absolute Gasteiger partial charge is 0.298 e. The molecule has 0 unspecified atom stereocenters. The van der Waals surface area contributed by atoms with Crippen LogP contribution in [0.1, 0.15) is 15.9 Å². The Hall–Kier alpha value is -3.50. The molecule has 0 aliphatic carbocycles. The van der Waals surface area contributed by atoms with Crippen molar-refractivity contribution in [1.82, 2.24) is 0 Å². The molecule has 144 valence electrons. The minimum absolute atomic E-state index is 0.0730. The first-order valence-electron chi connectivity index (χ1n) is 7.88. The number of amides is 1. The highest BCUT2D eigenvalue weighted by Crippen LogP contribution is 2.38. The van der Waals surface area contributed by atoms with Gasteiger partial charge in [-0.2, -0.15) is 8.42 Å². The van der Waals surface area contributed by atoms with E-state index in [4.69, 9.17) is 0 Å². The number of phenols is 1. The average molecular weight is 402 g/mol. The molecule has 3 rings (SSSR count). The van der Waals surface area contributed by atoms with Crippen LogP contribution in [0.5, 0.6) is 5.75 Å². The number of carbonyl (C=O) groups excluding carboxylic acids is 1. The number of benzene rings is 3. The highest BCUT2D eigenvalue weighted by Gasteiger charge is 2.23. The molecule has 0 saturated heterocycles. The van der Waals surface area contributed by atoms with Gasteiger partial charge in [0.15, 0.2) is 5.75 Å². The fraction of sp³-hybridized carbons (Fsp3) is 0.0556. The Labute approximate surface area is 159 Å². The summed E-state index contributed by atoms with van der Waals surface area (Å²) < 4.78 is 32.5. The lowest BCUT2D eigenvalue weighted by Gasteiger charge is -2.14. The van der Waals surface area contributed by atoms with E-state index in [0.717, 1.165) is 6.07 Å². The van der Waals surface area contributed by atoms with Gasteiger partial charge in [-0.3, -0.25) is 19.5 Å². The SMILES string of the molecule is Cc1cc(C(=O)Nc2c(O)c(S(=O)(=O)O)cc3ccccc23)ccc1[N+](=O)[O-]. The average Bonchev–Trinajstić information content (AvgIpc) is 2.62. The number of aromatic hydroxyl groups is 1. The van der Waals surface area contributed by atoms with Gasteiger partial charge in [-0.25, -0.2) is 0 Å². The molecule has 0 heterocycles. The van der Waals surface area contributed by atoms with Gasteiger partial charge in [-0.05, 0) is 30.5 Å². The van der Waals surface area contributed by atoms with Crippen LogP contribution in [-0.2, 0) is 10.1 Å². The summed E-state index contributed by atoms with van der Waals surface area (Å²) in [5.74, 6) is -1.53. The van der Waals surface area contributed by atoms with Crippen LogP contribution in [0.25, 0.3) is 10.8 Å². The Morgan fingerprint density at radius 3 is 2.43 bits per heavy atom. The summed E-state index contributed by atoms with van der Waals surface area (Å²) in [4.78, 5) is 22.2. The Morgan fingerprint density at radius 1 is 1.14 bits per heavy atom. The minimum Gasteiger partial charge on any atom is -0.504 e. The van der Waals surface area contributed by atoms with Gasteiger partial charge in [0, 0.05) is 22.6 Å². The molecule has 0 bridgehead atoms. The number of fused-ring (bicyclic) bond motifs is 1. The number of nitrogens with zero attached hydrogens (tertiary/aromatic N) is 1. The first-order valence-corrected chi connectivity index (χ1v) is 9.32. The minimum atomic E-state index is -4.75. The second-order valence-corrected chi connectivity index (χ2v) is 7.40. The van der Waals surface area contributed by atoms with Crippen LogP contribution in [0.2, 0.25) is 0 Å². The van der Waals surface area contributed by atoms with Crippen LogP contribution in [0.4, 0.5) is 11.4 Å². The van der Waals surface area contributed by atoms with Crippen LogP contribution in [0.3, 0.4) is 0 Å². The van der Waals surface area contributed by atoms with E-state index in [2.05, 4.69) is 5.32 Å². The maximum Gasteiger partial charge on any atom is 0.298 e. The Morgan fingerprint density at radius 2 is 1.82 bits per heavy atom. The standard InChI is InChI=1S/C18H14N2O7S/c1-10-8-12(6-7-14(10)20(23)24)18(22)19-16-13-5-3-2-4-11(13)9-15(17(16)21)28(25,26)27/h2-9,21H,1H3,(H,19,22)(H,25,26,27). The van der Waals surface area contributed by atoms with Crippen LogP contribution in [-0.4, -0.2) is 28.9 Å². The van der Waals surface area contributed by atoms with Crippen LogP contribution < -0.4 is 5.32 Å². The number of rotatable bonds is 4. The number of hydrogen-bond acceptors (Lipinski definition) is 6. The molecule has 0 fully saturated rings. The fourth-order valence-corrected chi connectivity index (χ4v) is 3.44. The number of carbonyl (C=O) groups is 1. The maximum absolute atomic E-state index is 12.6. The number of nitro groups is 1. The first-order chi connectivity index (χ1) is 13.1. The lowest BCUT2D eigenvalue weighted by molar-refractivity contribution is -0.385. The lowest BCUT2D eigenvalue weighted by Crippen LogP contribution is -2.13. The summed E-state index contributed by atoms with van der Waals surface area (Å²) in [6, 6.07) is 11.2. The molecule has 28 heavy (non-hydrogen) atoms. The number of phenolic OH excluding ortho intramolecular Hbond substituents is 1. The van der Waals surface area contributed by atoms with E-state index in [1.807, 2.05) is 0 Å². The van der Waals surface area contributed by atoms with E-state index >= 15 is 0 Å². The summed E-state index contributed by atoms with van der Waals surface area (Å²) in [6.07, 6.45) is 0. The maximum atomic E-state index is 12.6. The molecule has 0 aliphatic heterocycles. The van der Waals surface area contributed by atoms with Crippen molar-refractivity contribution < 1.29 is 27.8 Å². The Balaban J connectivity index is 2.11. The molecule has 0 radical (unpaired) electrons. The second-order valence-electron chi connectivity index (χ2n) is 6.01. The van der Waals surface area contributed by atoms with Crippen molar-refractivity contribution in [2.45, 2.75) is 11.8 Å². The third-order valence-electron chi connectivity index (χ3n) is 4.16. The van der Waals surface area contributed by atoms with Gasteiger partial charge in [0.1, 0.15) is 4.90 Å². The van der Waals surface area contributed by atoms with Crippen LogP contribution in [0.15, 0.2) is 53.4 Å². The van der Waals surface area contributed by atoms with E-state index in [0.29, 0.717) is 10.8 Å². The molecule has 9 nitrogen and oxygen atoms in total. The molecule has 10 heteroatoms. The van der Waals surface area contributed by atoms with E-state index in [9.17, 15) is 33.0 Å². The largest absolute Gasteiger partial charge is 0.504 e. The van der Waals surface area contributed by atoms with Gasteiger partial charge >= 0.3 is 0 Å². The van der Waals surface area contributed by atoms with E-state index in [-0.39, 0.29) is 22.5 Å². The molecule has 1 amide bonds. The molecular weight excluding hydrogens is 388 g/mol. The number of nitrogens with one attached hydrogen (secondary N) is 1. The first kappa shape index (κ1) is 19.3. The van der Waals surface area contributed by atoms with Gasteiger partial charge < -0.3 is 10.4 Å². The summed E-state index contributed by atoms with van der Waals surface area (Å²) >= 11 is 0. The van der Waals surface area contributed by atoms with E-state index < -0.39 is 31.6 Å². The quantitative estimate of drug-likeness (QED) is 0.263. The molecule has 0 saturated carbocycles. The topological polar surface area (TPSA) is 147 Å². The van der Waals surface area contributed by atoms with E-state index in [1.165, 1.54) is 25.1 Å². The van der Waals surface area contributed by atoms with Gasteiger partial charge in [0.05, 0.1) is 10.6 Å². The van der Waals surface area contributed by atoms with E-state index in [1.54, 1.807) is 24.3 Å².